The number of aliphatic hydroxyl groups is 1. The lowest BCUT2D eigenvalue weighted by molar-refractivity contribution is 0.0695. The highest BCUT2D eigenvalue weighted by Crippen LogP contribution is 2.49. The Morgan fingerprint density at radius 3 is 2.26 bits per heavy atom. The van der Waals surface area contributed by atoms with E-state index < -0.39 is 5.97 Å². The number of carboxylic acids is 1. The zero-order chi connectivity index (χ0) is 21.7. The van der Waals surface area contributed by atoms with E-state index in [4.69, 9.17) is 0 Å². The lowest BCUT2D eigenvalue weighted by Gasteiger charge is -2.33. The van der Waals surface area contributed by atoms with Crippen molar-refractivity contribution in [2.75, 3.05) is 0 Å². The van der Waals surface area contributed by atoms with E-state index in [1.165, 1.54) is 24.3 Å². The molecular formula is C25H20FNO4. The molecule has 1 aliphatic rings. The van der Waals surface area contributed by atoms with Gasteiger partial charge in [0.2, 0.25) is 0 Å². The molecule has 31 heavy (non-hydrogen) atoms. The second-order valence-electron chi connectivity index (χ2n) is 7.95. The summed E-state index contributed by atoms with van der Waals surface area (Å²) in [4.78, 5) is 11.3. The summed E-state index contributed by atoms with van der Waals surface area (Å²) in [5.41, 5.74) is 4.18. The molecule has 1 aliphatic carbocycles. The van der Waals surface area contributed by atoms with Gasteiger partial charge in [0, 0.05) is 28.2 Å². The average molecular weight is 417 g/mol. The number of aliphatic hydroxyl groups excluding tert-OH is 1. The van der Waals surface area contributed by atoms with Crippen molar-refractivity contribution >= 4 is 16.9 Å². The number of phenols is 1. The molecule has 1 fully saturated rings. The molecule has 3 aromatic carbocycles. The second-order valence-corrected chi connectivity index (χ2v) is 7.95. The fraction of sp³-hybridized carbons (Fsp3) is 0.160. The Labute approximate surface area is 177 Å². The molecule has 0 radical (unpaired) electrons. The Morgan fingerprint density at radius 2 is 1.65 bits per heavy atom. The predicted octanol–water partition coefficient (Wildman–Crippen LogP) is 5.08. The smallest absolute Gasteiger partial charge is 0.335 e. The summed E-state index contributed by atoms with van der Waals surface area (Å²) in [7, 11) is 0. The first-order valence-corrected chi connectivity index (χ1v) is 10.1. The summed E-state index contributed by atoms with van der Waals surface area (Å²) in [5.74, 6) is -1.20. The molecule has 0 saturated heterocycles. The summed E-state index contributed by atoms with van der Waals surface area (Å²) in [6.07, 6.45) is 0.775. The van der Waals surface area contributed by atoms with Gasteiger partial charge in [-0.25, -0.2) is 9.18 Å². The minimum absolute atomic E-state index is 0.0426. The van der Waals surface area contributed by atoms with Crippen molar-refractivity contribution in [1.82, 2.24) is 4.57 Å². The maximum Gasteiger partial charge on any atom is 0.335 e. The number of hydrogen-bond donors (Lipinski definition) is 3. The third kappa shape index (κ3) is 3.16. The number of hydrogen-bond acceptors (Lipinski definition) is 3. The number of fused-ring (bicyclic) bond motifs is 1. The number of phenolic OH excluding ortho intramolecular Hbond substituents is 1. The summed E-state index contributed by atoms with van der Waals surface area (Å²) in [6.45, 7) is 0. The van der Waals surface area contributed by atoms with E-state index in [0.717, 1.165) is 28.0 Å². The topological polar surface area (TPSA) is 82.7 Å². The number of rotatable bonds is 4. The summed E-state index contributed by atoms with van der Waals surface area (Å²) < 4.78 is 15.6. The Hall–Kier alpha value is -3.64. The number of aromatic nitrogens is 1. The minimum Gasteiger partial charge on any atom is -0.507 e. The highest BCUT2D eigenvalue weighted by Gasteiger charge is 2.35. The molecule has 0 atom stereocenters. The van der Waals surface area contributed by atoms with Gasteiger partial charge in [0.1, 0.15) is 11.6 Å². The van der Waals surface area contributed by atoms with Crippen LogP contribution in [0.4, 0.5) is 4.39 Å². The summed E-state index contributed by atoms with van der Waals surface area (Å²) >= 11 is 0. The van der Waals surface area contributed by atoms with Crippen LogP contribution in [-0.2, 0) is 0 Å². The summed E-state index contributed by atoms with van der Waals surface area (Å²) in [5, 5.41) is 30.7. The molecule has 4 aromatic rings. The van der Waals surface area contributed by atoms with Gasteiger partial charge < -0.3 is 19.9 Å². The Morgan fingerprint density at radius 1 is 0.968 bits per heavy atom. The molecule has 0 bridgehead atoms. The van der Waals surface area contributed by atoms with Crippen molar-refractivity contribution in [3.63, 3.8) is 0 Å². The quantitative estimate of drug-likeness (QED) is 0.433. The molecule has 6 heteroatoms. The van der Waals surface area contributed by atoms with Crippen molar-refractivity contribution in [2.45, 2.75) is 24.9 Å². The van der Waals surface area contributed by atoms with Crippen molar-refractivity contribution in [2.24, 2.45) is 0 Å². The van der Waals surface area contributed by atoms with Gasteiger partial charge >= 0.3 is 5.97 Å². The first kappa shape index (κ1) is 19.3. The van der Waals surface area contributed by atoms with Crippen LogP contribution in [0.15, 0.2) is 66.7 Å². The average Bonchev–Trinajstić information content (AvgIpc) is 3.08. The van der Waals surface area contributed by atoms with Crippen LogP contribution in [0.3, 0.4) is 0 Å². The van der Waals surface area contributed by atoms with Gasteiger partial charge in [0.05, 0.1) is 17.2 Å². The first-order chi connectivity index (χ1) is 14.9. The minimum atomic E-state index is -1.01. The molecule has 1 aromatic heterocycles. The molecule has 0 unspecified atom stereocenters. The predicted molar refractivity (Wildman–Crippen MR) is 115 cm³/mol. The van der Waals surface area contributed by atoms with Crippen LogP contribution in [-0.4, -0.2) is 32.0 Å². The number of benzene rings is 3. The molecule has 0 amide bonds. The normalized spacial score (nSPS) is 18.1. The number of carbonyl (C=O) groups is 1. The van der Waals surface area contributed by atoms with Gasteiger partial charge in [-0.2, -0.15) is 0 Å². The number of aromatic carboxylic acids is 1. The maximum atomic E-state index is 13.6. The monoisotopic (exact) mass is 417 g/mol. The number of carboxylic acid groups (broad SMARTS) is 1. The standard InChI is InChI=1S/C25H20FNO4/c26-17-8-10-18(11-9-17)27-20-2-1-3-21(29)23(20)22(24(27)16-12-19(28)13-16)14-4-6-15(7-5-14)25(30)31/h1-11,16,19,28-29H,12-13H2,(H,30,31). The van der Waals surface area contributed by atoms with Gasteiger partial charge in [-0.15, -0.1) is 0 Å². The Bertz CT molecular complexity index is 1290. The molecule has 156 valence electrons. The van der Waals surface area contributed by atoms with Crippen LogP contribution in [0, 0.1) is 5.82 Å². The van der Waals surface area contributed by atoms with Crippen molar-refractivity contribution in [1.29, 1.82) is 0 Å². The van der Waals surface area contributed by atoms with E-state index in [0.29, 0.717) is 18.2 Å². The van der Waals surface area contributed by atoms with E-state index in [2.05, 4.69) is 0 Å². The Kier molecular flexibility index (Phi) is 4.52. The zero-order valence-electron chi connectivity index (χ0n) is 16.5. The third-order valence-electron chi connectivity index (χ3n) is 6.01. The fourth-order valence-electron chi connectivity index (χ4n) is 4.48. The van der Waals surface area contributed by atoms with Crippen LogP contribution in [0.1, 0.15) is 34.8 Å². The van der Waals surface area contributed by atoms with Crippen LogP contribution >= 0.6 is 0 Å². The van der Waals surface area contributed by atoms with Crippen LogP contribution < -0.4 is 0 Å². The zero-order valence-corrected chi connectivity index (χ0v) is 16.5. The van der Waals surface area contributed by atoms with Gasteiger partial charge in [-0.1, -0.05) is 18.2 Å². The molecule has 5 nitrogen and oxygen atoms in total. The van der Waals surface area contributed by atoms with Crippen LogP contribution in [0.2, 0.25) is 0 Å². The number of halogens is 1. The van der Waals surface area contributed by atoms with Crippen molar-refractivity contribution < 1.29 is 24.5 Å². The third-order valence-corrected chi connectivity index (χ3v) is 6.01. The molecular weight excluding hydrogens is 397 g/mol. The highest BCUT2D eigenvalue weighted by molar-refractivity contribution is 6.03. The molecule has 1 saturated carbocycles. The molecule has 0 spiro atoms. The van der Waals surface area contributed by atoms with Crippen molar-refractivity contribution in [3.05, 3.63) is 83.8 Å². The van der Waals surface area contributed by atoms with Gasteiger partial charge in [-0.05, 0) is 66.9 Å². The van der Waals surface area contributed by atoms with Gasteiger partial charge in [0.15, 0.2) is 0 Å². The van der Waals surface area contributed by atoms with E-state index in [9.17, 15) is 24.5 Å². The van der Waals surface area contributed by atoms with E-state index in [1.54, 1.807) is 36.4 Å². The molecule has 1 heterocycles. The van der Waals surface area contributed by atoms with Gasteiger partial charge in [-0.3, -0.25) is 0 Å². The lowest BCUT2D eigenvalue weighted by Crippen LogP contribution is -2.28. The van der Waals surface area contributed by atoms with Gasteiger partial charge in [0.25, 0.3) is 0 Å². The molecule has 3 N–H and O–H groups in total. The maximum absolute atomic E-state index is 13.6. The largest absolute Gasteiger partial charge is 0.507 e. The second kappa shape index (κ2) is 7.25. The van der Waals surface area contributed by atoms with E-state index >= 15 is 0 Å². The number of nitrogens with zero attached hydrogens (tertiary/aromatic N) is 1. The first-order valence-electron chi connectivity index (χ1n) is 10.1. The highest BCUT2D eigenvalue weighted by atomic mass is 19.1. The SMILES string of the molecule is O=C(O)c1ccc(-c2c(C3CC(O)C3)n(-c3ccc(F)cc3)c3cccc(O)c23)cc1. The summed E-state index contributed by atoms with van der Waals surface area (Å²) in [6, 6.07) is 18.0. The molecule has 5 rings (SSSR count). The van der Waals surface area contributed by atoms with Crippen molar-refractivity contribution in [3.8, 4) is 22.6 Å². The Balaban J connectivity index is 1.84. The molecule has 0 aliphatic heterocycles. The lowest BCUT2D eigenvalue weighted by atomic mass is 9.77. The van der Waals surface area contributed by atoms with Crippen LogP contribution in [0.25, 0.3) is 27.7 Å². The fourth-order valence-corrected chi connectivity index (χ4v) is 4.48. The van der Waals surface area contributed by atoms with E-state index in [-0.39, 0.29) is 29.2 Å². The van der Waals surface area contributed by atoms with Crippen LogP contribution in [0.5, 0.6) is 5.75 Å². The van der Waals surface area contributed by atoms with E-state index in [1.807, 2.05) is 10.6 Å². The number of aromatic hydroxyl groups is 1.